The Kier molecular flexibility index (Phi) is 5.15. The average Bonchev–Trinajstić information content (AvgIpc) is 2.30. The summed E-state index contributed by atoms with van der Waals surface area (Å²) in [5, 5.41) is 3.13. The average molecular weight is 198 g/mol. The van der Waals surface area contributed by atoms with Gasteiger partial charge < -0.3 is 10.1 Å². The van der Waals surface area contributed by atoms with Gasteiger partial charge in [0.25, 0.3) is 0 Å². The van der Waals surface area contributed by atoms with Crippen LogP contribution in [0.1, 0.15) is 13.3 Å². The van der Waals surface area contributed by atoms with Crippen LogP contribution in [0.4, 0.5) is 0 Å². The van der Waals surface area contributed by atoms with Crippen LogP contribution in [-0.2, 0) is 4.74 Å². The maximum absolute atomic E-state index is 5.59. The summed E-state index contributed by atoms with van der Waals surface area (Å²) in [6.07, 6.45) is 1.50. The Morgan fingerprint density at radius 1 is 1.64 bits per heavy atom. The fraction of sp³-hybridized carbons (Fsp3) is 0.818. The van der Waals surface area contributed by atoms with Crippen LogP contribution in [0, 0.1) is 0 Å². The lowest BCUT2D eigenvalue weighted by Crippen LogP contribution is -2.33. The molecular weight excluding hydrogens is 176 g/mol. The van der Waals surface area contributed by atoms with E-state index in [0.29, 0.717) is 6.10 Å². The summed E-state index contributed by atoms with van der Waals surface area (Å²) < 4.78 is 5.59. The molecule has 0 bridgehead atoms. The summed E-state index contributed by atoms with van der Waals surface area (Å²) >= 11 is 0. The van der Waals surface area contributed by atoms with Crippen LogP contribution in [0.5, 0.6) is 0 Å². The van der Waals surface area contributed by atoms with Crippen molar-refractivity contribution in [1.29, 1.82) is 0 Å². The number of nitrogens with zero attached hydrogens (tertiary/aromatic N) is 1. The predicted molar refractivity (Wildman–Crippen MR) is 59.5 cm³/mol. The molecule has 1 unspecified atom stereocenters. The largest absolute Gasteiger partial charge is 0.377 e. The van der Waals surface area contributed by atoms with Crippen molar-refractivity contribution in [3.63, 3.8) is 0 Å². The van der Waals surface area contributed by atoms with Gasteiger partial charge in [0.15, 0.2) is 0 Å². The first kappa shape index (κ1) is 11.7. The number of likely N-dealkylation sites (N-methyl/N-ethyl adjacent to an activating group) is 1. The van der Waals surface area contributed by atoms with Gasteiger partial charge in [0.1, 0.15) is 0 Å². The number of hydrogen-bond acceptors (Lipinski definition) is 3. The first-order chi connectivity index (χ1) is 6.72. The zero-order chi connectivity index (χ0) is 10.4. The van der Waals surface area contributed by atoms with Crippen molar-refractivity contribution in [1.82, 2.24) is 10.2 Å². The van der Waals surface area contributed by atoms with Crippen molar-refractivity contribution in [3.05, 3.63) is 12.2 Å². The zero-order valence-electron chi connectivity index (χ0n) is 9.38. The minimum Gasteiger partial charge on any atom is -0.377 e. The van der Waals surface area contributed by atoms with E-state index in [1.807, 2.05) is 7.05 Å². The van der Waals surface area contributed by atoms with Gasteiger partial charge in [-0.2, -0.15) is 0 Å². The molecule has 3 heteroatoms. The maximum Gasteiger partial charge on any atom is 0.0674 e. The summed E-state index contributed by atoms with van der Waals surface area (Å²) in [5.41, 5.74) is 1.25. The SMILES string of the molecule is C=C(CNC)CN1CCCOC(C)C1. The number of rotatable bonds is 4. The highest BCUT2D eigenvalue weighted by Gasteiger charge is 2.14. The highest BCUT2D eigenvalue weighted by Crippen LogP contribution is 2.06. The summed E-state index contributed by atoms with van der Waals surface area (Å²) in [5.74, 6) is 0. The minimum absolute atomic E-state index is 0.361. The lowest BCUT2D eigenvalue weighted by atomic mass is 10.2. The molecule has 0 saturated carbocycles. The van der Waals surface area contributed by atoms with E-state index >= 15 is 0 Å². The van der Waals surface area contributed by atoms with E-state index < -0.39 is 0 Å². The van der Waals surface area contributed by atoms with Crippen LogP contribution >= 0.6 is 0 Å². The maximum atomic E-state index is 5.59. The molecule has 0 aromatic rings. The van der Waals surface area contributed by atoms with Crippen molar-refractivity contribution in [2.24, 2.45) is 0 Å². The molecule has 0 spiro atoms. The van der Waals surface area contributed by atoms with Gasteiger partial charge in [0.05, 0.1) is 6.10 Å². The minimum atomic E-state index is 0.361. The molecule has 14 heavy (non-hydrogen) atoms. The monoisotopic (exact) mass is 198 g/mol. The molecule has 0 amide bonds. The zero-order valence-corrected chi connectivity index (χ0v) is 9.38. The van der Waals surface area contributed by atoms with Crippen LogP contribution in [0.15, 0.2) is 12.2 Å². The second-order valence-corrected chi connectivity index (χ2v) is 4.05. The van der Waals surface area contributed by atoms with E-state index in [1.54, 1.807) is 0 Å². The van der Waals surface area contributed by atoms with Gasteiger partial charge >= 0.3 is 0 Å². The highest BCUT2D eigenvalue weighted by molar-refractivity contribution is 4.99. The molecule has 1 N–H and O–H groups in total. The highest BCUT2D eigenvalue weighted by atomic mass is 16.5. The van der Waals surface area contributed by atoms with Crippen molar-refractivity contribution in [2.75, 3.05) is 39.8 Å². The van der Waals surface area contributed by atoms with E-state index in [4.69, 9.17) is 4.74 Å². The molecule has 0 aromatic carbocycles. The van der Waals surface area contributed by atoms with Gasteiger partial charge in [-0.1, -0.05) is 6.58 Å². The first-order valence-electron chi connectivity index (χ1n) is 5.37. The van der Waals surface area contributed by atoms with Crippen LogP contribution in [0.25, 0.3) is 0 Å². The molecule has 0 aliphatic carbocycles. The summed E-state index contributed by atoms with van der Waals surface area (Å²) in [6.45, 7) is 11.2. The fourth-order valence-corrected chi connectivity index (χ4v) is 1.85. The fourth-order valence-electron chi connectivity index (χ4n) is 1.85. The predicted octanol–water partition coefficient (Wildman–Crippen LogP) is 0.873. The molecule has 82 valence electrons. The van der Waals surface area contributed by atoms with Crippen molar-refractivity contribution in [3.8, 4) is 0 Å². The quantitative estimate of drug-likeness (QED) is 0.678. The number of hydrogen-bond donors (Lipinski definition) is 1. The normalized spacial score (nSPS) is 24.6. The molecular formula is C11H22N2O. The van der Waals surface area contributed by atoms with Gasteiger partial charge in [-0.25, -0.2) is 0 Å². The second-order valence-electron chi connectivity index (χ2n) is 4.05. The number of ether oxygens (including phenoxy) is 1. The lowest BCUT2D eigenvalue weighted by Gasteiger charge is -2.22. The van der Waals surface area contributed by atoms with Crippen LogP contribution in [0.2, 0.25) is 0 Å². The smallest absolute Gasteiger partial charge is 0.0674 e. The summed E-state index contributed by atoms with van der Waals surface area (Å²) in [4.78, 5) is 2.43. The van der Waals surface area contributed by atoms with Gasteiger partial charge in [-0.3, -0.25) is 4.90 Å². The Labute approximate surface area is 87.1 Å². The Balaban J connectivity index is 2.31. The van der Waals surface area contributed by atoms with E-state index in [1.165, 1.54) is 5.57 Å². The molecule has 1 rings (SSSR count). The molecule has 0 aromatic heterocycles. The van der Waals surface area contributed by atoms with Gasteiger partial charge in [0.2, 0.25) is 0 Å². The van der Waals surface area contributed by atoms with Crippen LogP contribution in [0.3, 0.4) is 0 Å². The molecule has 1 atom stereocenters. The standard InChI is InChI=1S/C11H22N2O/c1-10(7-12-3)8-13-5-4-6-14-11(2)9-13/h11-12H,1,4-9H2,2-3H3. The molecule has 0 radical (unpaired) electrons. The molecule has 1 aliphatic rings. The van der Waals surface area contributed by atoms with E-state index in [9.17, 15) is 0 Å². The summed E-state index contributed by atoms with van der Waals surface area (Å²) in [7, 11) is 1.96. The topological polar surface area (TPSA) is 24.5 Å². The van der Waals surface area contributed by atoms with Crippen LogP contribution < -0.4 is 5.32 Å². The van der Waals surface area contributed by atoms with Crippen molar-refractivity contribution >= 4 is 0 Å². The third-order valence-electron chi connectivity index (χ3n) is 2.41. The van der Waals surface area contributed by atoms with E-state index in [0.717, 1.165) is 39.2 Å². The Morgan fingerprint density at radius 2 is 2.43 bits per heavy atom. The Bertz CT molecular complexity index is 182. The van der Waals surface area contributed by atoms with Crippen molar-refractivity contribution < 1.29 is 4.74 Å². The molecule has 1 aliphatic heterocycles. The van der Waals surface area contributed by atoms with Crippen LogP contribution in [-0.4, -0.2) is 50.8 Å². The van der Waals surface area contributed by atoms with E-state index in [-0.39, 0.29) is 0 Å². The summed E-state index contributed by atoms with van der Waals surface area (Å²) in [6, 6.07) is 0. The Morgan fingerprint density at radius 3 is 3.14 bits per heavy atom. The molecule has 1 fully saturated rings. The molecule has 1 saturated heterocycles. The Hall–Kier alpha value is -0.380. The van der Waals surface area contributed by atoms with E-state index in [2.05, 4.69) is 23.7 Å². The first-order valence-corrected chi connectivity index (χ1v) is 5.37. The third-order valence-corrected chi connectivity index (χ3v) is 2.41. The third kappa shape index (κ3) is 4.22. The number of nitrogens with one attached hydrogen (secondary N) is 1. The molecule has 1 heterocycles. The van der Waals surface area contributed by atoms with Gasteiger partial charge in [0, 0.05) is 32.8 Å². The second kappa shape index (κ2) is 6.17. The lowest BCUT2D eigenvalue weighted by molar-refractivity contribution is 0.0689. The molecule has 3 nitrogen and oxygen atoms in total. The van der Waals surface area contributed by atoms with Crippen molar-refractivity contribution in [2.45, 2.75) is 19.4 Å². The van der Waals surface area contributed by atoms with Gasteiger partial charge in [-0.15, -0.1) is 0 Å². The van der Waals surface area contributed by atoms with Gasteiger partial charge in [-0.05, 0) is 26.0 Å².